The average molecular weight is 497 g/mol. The summed E-state index contributed by atoms with van der Waals surface area (Å²) in [6, 6.07) is 17.1. The summed E-state index contributed by atoms with van der Waals surface area (Å²) in [5, 5.41) is 14.8. The Balaban J connectivity index is 1.55. The van der Waals surface area contributed by atoms with Crippen LogP contribution in [0.2, 0.25) is 0 Å². The van der Waals surface area contributed by atoms with Gasteiger partial charge in [-0.3, -0.25) is 4.79 Å². The average Bonchev–Trinajstić information content (AvgIpc) is 3.32. The van der Waals surface area contributed by atoms with E-state index < -0.39 is 5.41 Å². The summed E-state index contributed by atoms with van der Waals surface area (Å²) in [6.07, 6.45) is 3.30. The highest BCUT2D eigenvalue weighted by Gasteiger charge is 2.50. The summed E-state index contributed by atoms with van der Waals surface area (Å²) in [5.74, 6) is -0.656. The van der Waals surface area contributed by atoms with Gasteiger partial charge in [-0.2, -0.15) is 10.4 Å². The first kappa shape index (κ1) is 23.6. The third kappa shape index (κ3) is 3.70. The number of hydrogen-bond acceptors (Lipinski definition) is 5. The molecule has 1 saturated heterocycles. The van der Waals surface area contributed by atoms with Crippen LogP contribution in [-0.2, 0) is 21.4 Å². The SMILES string of the molecule is C[C@H]1C(=O)C(C#N)=C[C@@]2(C)c3c(c(-c4ccccc4F)nn3-c3ccc(N4CCOCC4)cc3)CC[C@H]12. The van der Waals surface area contributed by atoms with E-state index in [-0.39, 0.29) is 29.0 Å². The number of nitriles is 1. The van der Waals surface area contributed by atoms with Gasteiger partial charge in [-0.25, -0.2) is 9.07 Å². The number of morpholine rings is 1. The molecule has 0 saturated carbocycles. The number of rotatable bonds is 3. The lowest BCUT2D eigenvalue weighted by Gasteiger charge is -2.45. The van der Waals surface area contributed by atoms with Crippen LogP contribution in [0.3, 0.4) is 0 Å². The van der Waals surface area contributed by atoms with Crippen LogP contribution in [0.15, 0.2) is 60.2 Å². The van der Waals surface area contributed by atoms with E-state index in [2.05, 4.69) is 30.0 Å². The number of Topliss-reactive ketones (excluding diaryl/α,β-unsaturated/α-hetero) is 1. The number of halogens is 1. The number of benzene rings is 2. The zero-order chi connectivity index (χ0) is 25.7. The normalized spacial score (nSPS) is 25.2. The van der Waals surface area contributed by atoms with Crippen molar-refractivity contribution in [3.63, 3.8) is 0 Å². The quantitative estimate of drug-likeness (QED) is 0.510. The minimum absolute atomic E-state index is 0.0288. The fraction of sp³-hybridized carbons (Fsp3) is 0.367. The number of aromatic nitrogens is 2. The molecule has 0 N–H and O–H groups in total. The number of carbonyl (C=O) groups excluding carboxylic acids is 1. The number of hydrogen-bond donors (Lipinski definition) is 0. The van der Waals surface area contributed by atoms with Crippen LogP contribution in [0, 0.1) is 29.0 Å². The van der Waals surface area contributed by atoms with Gasteiger partial charge < -0.3 is 9.64 Å². The summed E-state index contributed by atoms with van der Waals surface area (Å²) >= 11 is 0. The third-order valence-electron chi connectivity index (χ3n) is 8.42. The third-order valence-corrected chi connectivity index (χ3v) is 8.42. The van der Waals surface area contributed by atoms with Gasteiger partial charge in [-0.05, 0) is 55.2 Å². The highest BCUT2D eigenvalue weighted by molar-refractivity contribution is 6.02. The molecule has 37 heavy (non-hydrogen) atoms. The molecular weight excluding hydrogens is 467 g/mol. The van der Waals surface area contributed by atoms with Crippen LogP contribution in [0.5, 0.6) is 0 Å². The molecule has 3 atom stereocenters. The van der Waals surface area contributed by atoms with Gasteiger partial charge in [-0.15, -0.1) is 0 Å². The Kier molecular flexibility index (Phi) is 5.73. The topological polar surface area (TPSA) is 71.2 Å². The Bertz CT molecular complexity index is 1450. The lowest BCUT2D eigenvalue weighted by molar-refractivity contribution is -0.121. The first-order valence-corrected chi connectivity index (χ1v) is 12.9. The van der Waals surface area contributed by atoms with E-state index in [0.717, 1.165) is 42.1 Å². The van der Waals surface area contributed by atoms with E-state index in [1.54, 1.807) is 12.1 Å². The maximum Gasteiger partial charge on any atom is 0.176 e. The molecule has 2 aliphatic carbocycles. The molecule has 0 bridgehead atoms. The van der Waals surface area contributed by atoms with Crippen molar-refractivity contribution in [2.45, 2.75) is 32.1 Å². The van der Waals surface area contributed by atoms with Crippen LogP contribution in [0.4, 0.5) is 10.1 Å². The van der Waals surface area contributed by atoms with E-state index in [4.69, 9.17) is 9.84 Å². The highest BCUT2D eigenvalue weighted by Crippen LogP contribution is 2.52. The van der Waals surface area contributed by atoms with E-state index in [1.165, 1.54) is 6.07 Å². The molecule has 0 amide bonds. The number of fused-ring (bicyclic) bond motifs is 3. The predicted octanol–water partition coefficient (Wildman–Crippen LogP) is 5.00. The van der Waals surface area contributed by atoms with Crippen molar-refractivity contribution in [1.82, 2.24) is 9.78 Å². The second kappa shape index (κ2) is 8.97. The van der Waals surface area contributed by atoms with Crippen molar-refractivity contribution < 1.29 is 13.9 Å². The van der Waals surface area contributed by atoms with Crippen molar-refractivity contribution in [2.24, 2.45) is 11.8 Å². The highest BCUT2D eigenvalue weighted by atomic mass is 19.1. The predicted molar refractivity (Wildman–Crippen MR) is 139 cm³/mol. The van der Waals surface area contributed by atoms with Gasteiger partial charge in [0.15, 0.2) is 5.78 Å². The minimum Gasteiger partial charge on any atom is -0.378 e. The molecule has 0 unspecified atom stereocenters. The van der Waals surface area contributed by atoms with Gasteiger partial charge in [0.25, 0.3) is 0 Å². The molecule has 0 radical (unpaired) electrons. The van der Waals surface area contributed by atoms with Crippen molar-refractivity contribution in [3.05, 3.63) is 77.3 Å². The molecule has 2 heterocycles. The monoisotopic (exact) mass is 496 g/mol. The van der Waals surface area contributed by atoms with Crippen LogP contribution in [0.25, 0.3) is 16.9 Å². The van der Waals surface area contributed by atoms with Crippen LogP contribution in [-0.4, -0.2) is 41.9 Å². The maximum absolute atomic E-state index is 15.0. The van der Waals surface area contributed by atoms with Crippen LogP contribution >= 0.6 is 0 Å². The summed E-state index contributed by atoms with van der Waals surface area (Å²) in [4.78, 5) is 15.2. The largest absolute Gasteiger partial charge is 0.378 e. The van der Waals surface area contributed by atoms with Crippen molar-refractivity contribution in [2.75, 3.05) is 31.2 Å². The number of ether oxygens (including phenoxy) is 1. The van der Waals surface area contributed by atoms with Gasteiger partial charge in [0.1, 0.15) is 11.9 Å². The van der Waals surface area contributed by atoms with Crippen LogP contribution < -0.4 is 4.90 Å². The number of ketones is 1. The van der Waals surface area contributed by atoms with Crippen molar-refractivity contribution in [1.29, 1.82) is 5.26 Å². The van der Waals surface area contributed by atoms with Crippen LogP contribution in [0.1, 0.15) is 31.5 Å². The molecule has 188 valence electrons. The lowest BCUT2D eigenvalue weighted by Crippen LogP contribution is -2.46. The Hall–Kier alpha value is -3.76. The minimum atomic E-state index is -0.592. The fourth-order valence-corrected chi connectivity index (χ4v) is 6.53. The molecule has 2 aromatic carbocycles. The van der Waals surface area contributed by atoms with Gasteiger partial charge >= 0.3 is 0 Å². The molecule has 6 nitrogen and oxygen atoms in total. The van der Waals surface area contributed by atoms with Gasteiger partial charge in [0, 0.05) is 41.2 Å². The standard InChI is InChI=1S/C30H29FN4O2/c1-19-25-12-11-24-27(23-5-3-4-6-26(23)31)33-35(29(24)30(25,2)17-20(18-32)28(19)36)22-9-7-21(8-10-22)34-13-15-37-16-14-34/h3-10,17,19,25H,11-16H2,1-2H3/t19-,25-,30-/m1/s1. The van der Waals surface area contributed by atoms with Gasteiger partial charge in [-0.1, -0.05) is 32.1 Å². The molecule has 1 aromatic heterocycles. The number of allylic oxidation sites excluding steroid dienone is 2. The molecule has 3 aliphatic rings. The van der Waals surface area contributed by atoms with Crippen molar-refractivity contribution >= 4 is 11.5 Å². The Labute approximate surface area is 216 Å². The first-order chi connectivity index (χ1) is 17.9. The summed E-state index contributed by atoms with van der Waals surface area (Å²) < 4.78 is 22.4. The van der Waals surface area contributed by atoms with E-state index >= 15 is 4.39 Å². The zero-order valence-electron chi connectivity index (χ0n) is 21.1. The fourth-order valence-electron chi connectivity index (χ4n) is 6.53. The number of anilines is 1. The summed E-state index contributed by atoms with van der Waals surface area (Å²) in [5.41, 5.74) is 4.61. The molecular formula is C30H29FN4O2. The molecule has 1 aliphatic heterocycles. The van der Waals surface area contributed by atoms with Gasteiger partial charge in [0.05, 0.1) is 35.9 Å². The summed E-state index contributed by atoms with van der Waals surface area (Å²) in [7, 11) is 0. The molecule has 6 rings (SSSR count). The Morgan fingerprint density at radius 2 is 1.81 bits per heavy atom. The van der Waals surface area contributed by atoms with E-state index in [0.29, 0.717) is 30.9 Å². The molecule has 0 spiro atoms. The maximum atomic E-state index is 15.0. The van der Waals surface area contributed by atoms with E-state index in [9.17, 15) is 10.1 Å². The smallest absolute Gasteiger partial charge is 0.176 e. The second-order valence-corrected chi connectivity index (χ2v) is 10.4. The number of nitrogens with zero attached hydrogens (tertiary/aromatic N) is 4. The van der Waals surface area contributed by atoms with Crippen molar-refractivity contribution in [3.8, 4) is 23.0 Å². The first-order valence-electron chi connectivity index (χ1n) is 12.9. The number of carbonyl (C=O) groups is 1. The van der Waals surface area contributed by atoms with E-state index in [1.807, 2.05) is 35.9 Å². The Morgan fingerprint density at radius 1 is 1.11 bits per heavy atom. The zero-order valence-corrected chi connectivity index (χ0v) is 21.1. The second-order valence-electron chi connectivity index (χ2n) is 10.4. The molecule has 3 aromatic rings. The summed E-state index contributed by atoms with van der Waals surface area (Å²) in [6.45, 7) is 7.15. The molecule has 1 fully saturated rings. The molecule has 7 heteroatoms. The van der Waals surface area contributed by atoms with Gasteiger partial charge in [0.2, 0.25) is 0 Å². The lowest BCUT2D eigenvalue weighted by atomic mass is 9.57. The Morgan fingerprint density at radius 3 is 2.51 bits per heavy atom.